The Bertz CT molecular complexity index is 1640. The van der Waals surface area contributed by atoms with E-state index in [1.165, 1.54) is 0 Å². The van der Waals surface area contributed by atoms with Gasteiger partial charge in [0.25, 0.3) is 0 Å². The number of H-pyrrole nitrogens is 2. The van der Waals surface area contributed by atoms with Crippen LogP contribution < -0.4 is 27.4 Å². The van der Waals surface area contributed by atoms with Crippen molar-refractivity contribution in [2.75, 3.05) is 6.54 Å². The molecule has 4 atom stereocenters. The summed E-state index contributed by atoms with van der Waals surface area (Å²) in [6, 6.07) is 10.9. The smallest absolute Gasteiger partial charge is 0.326 e. The molecule has 0 saturated heterocycles. The number of hydrogen-bond acceptors (Lipinski definition) is 6. The first-order chi connectivity index (χ1) is 22.1. The molecule has 0 fully saturated rings. The van der Waals surface area contributed by atoms with Crippen molar-refractivity contribution < 1.29 is 24.3 Å². The molecule has 4 unspecified atom stereocenters. The Morgan fingerprint density at radius 2 is 1.24 bits per heavy atom. The number of para-hydroxylation sites is 2. The van der Waals surface area contributed by atoms with Crippen LogP contribution in [0.1, 0.15) is 50.7 Å². The molecular weight excluding hydrogens is 586 g/mol. The maximum atomic E-state index is 13.8. The summed E-state index contributed by atoms with van der Waals surface area (Å²) in [5.74, 6) is -2.83. The highest BCUT2D eigenvalue weighted by atomic mass is 16.4. The number of carboxylic acid groups (broad SMARTS) is 1. The maximum absolute atomic E-state index is 13.8. The molecule has 4 rings (SSSR count). The Hall–Kier alpha value is -4.68. The van der Waals surface area contributed by atoms with Gasteiger partial charge in [0.1, 0.15) is 18.1 Å². The maximum Gasteiger partial charge on any atom is 0.326 e. The van der Waals surface area contributed by atoms with Gasteiger partial charge in [-0.15, -0.1) is 0 Å². The van der Waals surface area contributed by atoms with Crippen LogP contribution in [-0.2, 0) is 32.0 Å². The van der Waals surface area contributed by atoms with Gasteiger partial charge in [-0.25, -0.2) is 4.79 Å². The van der Waals surface area contributed by atoms with Crippen LogP contribution in [-0.4, -0.2) is 69.5 Å². The number of rotatable bonds is 17. The first-order valence-electron chi connectivity index (χ1n) is 15.8. The van der Waals surface area contributed by atoms with E-state index in [0.717, 1.165) is 39.4 Å². The fourth-order valence-corrected chi connectivity index (χ4v) is 5.62. The predicted octanol–water partition coefficient (Wildman–Crippen LogP) is 2.48. The standard InChI is InChI=1S/C34H45N7O5/c1-20(2)15-28(39-31(42)25(36)11-7-8-14-35)32(43)40-29(16-21-18-37-26-12-5-3-9-23(21)26)33(44)41-30(34(45)46)17-22-19-38-27-13-6-4-10-24(22)27/h3-6,9-10,12-13,18-20,25,28-30,37-38H,7-8,11,14-17,35-36H2,1-2H3,(H,39,42)(H,40,43)(H,41,44)(H,45,46). The molecule has 2 aromatic carbocycles. The van der Waals surface area contributed by atoms with E-state index in [4.69, 9.17) is 11.5 Å². The second kappa shape index (κ2) is 16.1. The number of nitrogens with two attached hydrogens (primary N) is 2. The van der Waals surface area contributed by atoms with Crippen molar-refractivity contribution in [1.29, 1.82) is 0 Å². The average Bonchev–Trinajstić information content (AvgIpc) is 3.63. The van der Waals surface area contributed by atoms with Crippen LogP contribution in [0, 0.1) is 5.92 Å². The van der Waals surface area contributed by atoms with E-state index in [0.29, 0.717) is 25.8 Å². The molecule has 4 aromatic rings. The molecule has 2 aromatic heterocycles. The summed E-state index contributed by atoms with van der Waals surface area (Å²) in [4.78, 5) is 59.2. The van der Waals surface area contributed by atoms with Crippen LogP contribution in [0.4, 0.5) is 0 Å². The van der Waals surface area contributed by atoms with E-state index in [1.807, 2.05) is 62.4 Å². The second-order valence-electron chi connectivity index (χ2n) is 12.2. The highest BCUT2D eigenvalue weighted by Crippen LogP contribution is 2.21. The summed E-state index contributed by atoms with van der Waals surface area (Å²) in [5, 5.41) is 20.1. The monoisotopic (exact) mass is 631 g/mol. The molecule has 3 amide bonds. The number of aromatic amines is 2. The molecule has 12 nitrogen and oxygen atoms in total. The third kappa shape index (κ3) is 8.95. The Morgan fingerprint density at radius 1 is 0.739 bits per heavy atom. The van der Waals surface area contributed by atoms with E-state index in [-0.39, 0.29) is 18.8 Å². The molecule has 0 aliphatic rings. The number of aromatic nitrogens is 2. The Kier molecular flexibility index (Phi) is 11.9. The minimum atomic E-state index is -1.26. The van der Waals surface area contributed by atoms with E-state index in [1.54, 1.807) is 12.4 Å². The van der Waals surface area contributed by atoms with Gasteiger partial charge in [0.2, 0.25) is 17.7 Å². The quantitative estimate of drug-likeness (QED) is 0.0816. The summed E-state index contributed by atoms with van der Waals surface area (Å²) in [7, 11) is 0. The molecule has 0 aliphatic heterocycles. The van der Waals surface area contributed by atoms with Crippen molar-refractivity contribution in [1.82, 2.24) is 25.9 Å². The normalized spacial score (nSPS) is 14.1. The number of carbonyl (C=O) groups is 4. The summed E-state index contributed by atoms with van der Waals surface area (Å²) < 4.78 is 0. The number of benzene rings is 2. The van der Waals surface area contributed by atoms with Crippen LogP contribution in [0.5, 0.6) is 0 Å². The van der Waals surface area contributed by atoms with E-state index >= 15 is 0 Å². The molecule has 0 spiro atoms. The van der Waals surface area contributed by atoms with Crippen molar-refractivity contribution in [3.05, 3.63) is 72.1 Å². The third-order valence-electron chi connectivity index (χ3n) is 8.09. The lowest BCUT2D eigenvalue weighted by molar-refractivity contribution is -0.142. The number of aliphatic carboxylic acids is 1. The summed E-state index contributed by atoms with van der Waals surface area (Å²) in [6.45, 7) is 4.34. The number of carbonyl (C=O) groups excluding carboxylic acids is 3. The second-order valence-corrected chi connectivity index (χ2v) is 12.2. The summed E-state index contributed by atoms with van der Waals surface area (Å²) in [5.41, 5.74) is 14.9. The first kappa shape index (κ1) is 34.2. The number of unbranched alkanes of at least 4 members (excludes halogenated alkanes) is 1. The lowest BCUT2D eigenvalue weighted by Crippen LogP contribution is -2.58. The minimum absolute atomic E-state index is 0.0346. The van der Waals surface area contributed by atoms with Crippen LogP contribution in [0.2, 0.25) is 0 Å². The lowest BCUT2D eigenvalue weighted by atomic mass is 9.99. The predicted molar refractivity (Wildman–Crippen MR) is 178 cm³/mol. The van der Waals surface area contributed by atoms with Gasteiger partial charge in [-0.2, -0.15) is 0 Å². The highest BCUT2D eigenvalue weighted by molar-refractivity contribution is 5.95. The van der Waals surface area contributed by atoms with Crippen molar-refractivity contribution in [3.63, 3.8) is 0 Å². The van der Waals surface area contributed by atoms with Gasteiger partial charge in [0.05, 0.1) is 6.04 Å². The number of hydrogen-bond donors (Lipinski definition) is 8. The molecule has 0 saturated carbocycles. The van der Waals surface area contributed by atoms with Crippen molar-refractivity contribution in [2.45, 2.75) is 76.5 Å². The molecule has 0 aliphatic carbocycles. The molecule has 46 heavy (non-hydrogen) atoms. The SMILES string of the molecule is CC(C)CC(NC(=O)C(N)CCCCN)C(=O)NC(Cc1c[nH]c2ccccc12)C(=O)NC(Cc1c[nH]c2ccccc12)C(=O)O. The molecule has 0 radical (unpaired) electrons. The van der Waals surface area contributed by atoms with Crippen molar-refractivity contribution >= 4 is 45.5 Å². The lowest BCUT2D eigenvalue weighted by Gasteiger charge is -2.26. The van der Waals surface area contributed by atoms with Gasteiger partial charge in [-0.05, 0) is 55.0 Å². The topological polar surface area (TPSA) is 208 Å². The van der Waals surface area contributed by atoms with Crippen LogP contribution in [0.15, 0.2) is 60.9 Å². The number of carboxylic acids is 1. The number of nitrogens with one attached hydrogen (secondary N) is 5. The fraction of sp³-hybridized carbons (Fsp3) is 0.412. The zero-order chi connectivity index (χ0) is 33.2. The van der Waals surface area contributed by atoms with E-state index in [9.17, 15) is 24.3 Å². The van der Waals surface area contributed by atoms with Gasteiger partial charge in [0, 0.05) is 47.0 Å². The number of amides is 3. The fourth-order valence-electron chi connectivity index (χ4n) is 5.62. The molecule has 12 heteroatoms. The first-order valence-corrected chi connectivity index (χ1v) is 15.8. The number of fused-ring (bicyclic) bond motifs is 2. The van der Waals surface area contributed by atoms with E-state index in [2.05, 4.69) is 25.9 Å². The van der Waals surface area contributed by atoms with Crippen molar-refractivity contribution in [2.24, 2.45) is 17.4 Å². The average molecular weight is 632 g/mol. The Morgan fingerprint density at radius 3 is 1.78 bits per heavy atom. The Balaban J connectivity index is 1.56. The van der Waals surface area contributed by atoms with Crippen LogP contribution in [0.3, 0.4) is 0 Å². The molecule has 246 valence electrons. The zero-order valence-corrected chi connectivity index (χ0v) is 26.3. The molecule has 2 heterocycles. The van der Waals surface area contributed by atoms with Crippen LogP contribution >= 0.6 is 0 Å². The largest absolute Gasteiger partial charge is 0.480 e. The van der Waals surface area contributed by atoms with E-state index < -0.39 is 47.9 Å². The van der Waals surface area contributed by atoms with Crippen LogP contribution in [0.25, 0.3) is 21.8 Å². The van der Waals surface area contributed by atoms with Gasteiger partial charge in [-0.1, -0.05) is 56.7 Å². The summed E-state index contributed by atoms with van der Waals surface area (Å²) in [6.07, 6.45) is 5.78. The summed E-state index contributed by atoms with van der Waals surface area (Å²) >= 11 is 0. The van der Waals surface area contributed by atoms with Gasteiger partial charge in [-0.3, -0.25) is 14.4 Å². The molecule has 0 bridgehead atoms. The van der Waals surface area contributed by atoms with Gasteiger partial charge in [0.15, 0.2) is 0 Å². The minimum Gasteiger partial charge on any atom is -0.480 e. The molecular formula is C34H45N7O5. The van der Waals surface area contributed by atoms with Crippen molar-refractivity contribution in [3.8, 4) is 0 Å². The molecule has 10 N–H and O–H groups in total. The highest BCUT2D eigenvalue weighted by Gasteiger charge is 2.31. The van der Waals surface area contributed by atoms with Gasteiger partial charge >= 0.3 is 5.97 Å². The zero-order valence-electron chi connectivity index (χ0n) is 26.3. The third-order valence-corrected chi connectivity index (χ3v) is 8.09. The van der Waals surface area contributed by atoms with Gasteiger partial charge < -0.3 is 42.5 Å². The Labute approximate surface area is 268 Å².